The van der Waals surface area contributed by atoms with Gasteiger partial charge < -0.3 is 10.2 Å². The molecule has 0 rings (SSSR count). The summed E-state index contributed by atoms with van der Waals surface area (Å²) in [6, 6.07) is 0. The van der Waals surface area contributed by atoms with Crippen LogP contribution in [-0.4, -0.2) is 62.8 Å². The Morgan fingerprint density at radius 3 is 0.382 bits per heavy atom. The molecule has 0 aromatic rings. The predicted molar refractivity (Wildman–Crippen MR) is 437 cm³/mol. The molecule has 0 spiro atoms. The van der Waals surface area contributed by atoms with E-state index in [1.807, 2.05) is 0 Å². The molecule has 0 aliphatic rings. The van der Waals surface area contributed by atoms with Gasteiger partial charge in [-0.15, -0.1) is 0 Å². The van der Waals surface area contributed by atoms with Gasteiger partial charge in [-0.3, -0.25) is 9.59 Å². The number of hydrogen-bond acceptors (Lipinski definition) is 8. The van der Waals surface area contributed by atoms with Gasteiger partial charge in [0.1, 0.15) is 0 Å². The van der Waals surface area contributed by atoms with Crippen molar-refractivity contribution in [3.8, 4) is 0 Å². The van der Waals surface area contributed by atoms with Gasteiger partial charge in [-0.05, 0) is 12.8 Å². The van der Waals surface area contributed by atoms with Crippen molar-refractivity contribution < 1.29 is 62.2 Å². The summed E-state index contributed by atoms with van der Waals surface area (Å²) in [6.45, 7) is 11.4. The van der Waals surface area contributed by atoms with E-state index in [0.29, 0.717) is 32.1 Å². The van der Waals surface area contributed by atoms with E-state index >= 15 is 0 Å². The Kier molecular flexibility index (Phi) is 103. The van der Waals surface area contributed by atoms with Crippen LogP contribution in [0.5, 0.6) is 0 Å². The van der Waals surface area contributed by atoms with Gasteiger partial charge in [-0.25, -0.2) is 0 Å². The van der Waals surface area contributed by atoms with Crippen LogP contribution in [0.25, 0.3) is 0 Å². The second-order valence-corrected chi connectivity index (χ2v) is 34.7. The van der Waals surface area contributed by atoms with Crippen molar-refractivity contribution in [3.63, 3.8) is 0 Å². The number of unbranched alkanes of at least 4 members (excludes halogenated alkanes) is 70. The minimum atomic E-state index is -4.09. The molecule has 0 amide bonds. The van der Waals surface area contributed by atoms with Gasteiger partial charge >= 0.3 is 268 Å². The molecule has 0 aliphatic heterocycles. The maximum absolute atomic E-state index is 12.8. The zero-order valence-electron chi connectivity index (χ0n) is 69.5. The zero-order valence-corrected chi connectivity index (χ0v) is 75.8. The van der Waals surface area contributed by atoms with Crippen molar-refractivity contribution in [2.24, 2.45) is 0 Å². The topological polar surface area (TPSA) is 153 Å². The van der Waals surface area contributed by atoms with Crippen molar-refractivity contribution >= 4 is 52.6 Å². The SMILES string of the molecule is CCCCCCCCCCCCCCCCCC(=O)O.CCCCCCCCCCCCCCCCCC(=O)O.CCCCCCCCCCCCCCCCCC(=O)[O][In]([O]C(=O)CCCCCCCCCCCCCCCCC)[O]C(=O)CCCCCCCCCCCCCCCCC.[Zn]. The summed E-state index contributed by atoms with van der Waals surface area (Å²) in [5.41, 5.74) is 0. The number of carbonyl (C=O) groups is 5. The van der Waals surface area contributed by atoms with Crippen LogP contribution < -0.4 is 0 Å². The summed E-state index contributed by atoms with van der Waals surface area (Å²) in [5.74, 6) is -2.44. The van der Waals surface area contributed by atoms with Gasteiger partial charge in [0.2, 0.25) is 0 Å². The van der Waals surface area contributed by atoms with Gasteiger partial charge in [-0.2, -0.15) is 0 Å². The van der Waals surface area contributed by atoms with E-state index in [9.17, 15) is 24.0 Å². The van der Waals surface area contributed by atoms with E-state index in [0.717, 1.165) is 83.5 Å². The summed E-state index contributed by atoms with van der Waals surface area (Å²) >= 11 is -4.09. The fourth-order valence-electron chi connectivity index (χ4n) is 13.8. The number of carboxylic acids is 2. The van der Waals surface area contributed by atoms with E-state index in [1.165, 1.54) is 398 Å². The molecule has 0 saturated carbocycles. The number of hydrogen-bond donors (Lipinski definition) is 2. The van der Waals surface area contributed by atoms with E-state index in [4.69, 9.17) is 18.8 Å². The Morgan fingerprint density at radius 2 is 0.275 bits per heavy atom. The summed E-state index contributed by atoms with van der Waals surface area (Å²) in [7, 11) is 0. The molecule has 0 radical (unpaired) electrons. The van der Waals surface area contributed by atoms with Crippen molar-refractivity contribution in [2.75, 3.05) is 0 Å². The van der Waals surface area contributed by atoms with Crippen LogP contribution in [0, 0.1) is 0 Å². The molecule has 602 valence electrons. The third kappa shape index (κ3) is 103. The molecule has 0 atom stereocenters. The molecule has 0 fully saturated rings. The molecule has 2 N–H and O–H groups in total. The fraction of sp³-hybridized carbons (Fsp3) is 0.944. The molecule has 0 heterocycles. The summed E-state index contributed by atoms with van der Waals surface area (Å²) in [6.07, 6.45) is 98.4. The van der Waals surface area contributed by atoms with Crippen LogP contribution in [0.3, 0.4) is 0 Å². The Labute approximate surface area is 658 Å². The van der Waals surface area contributed by atoms with E-state index in [-0.39, 0.29) is 37.4 Å². The minimum Gasteiger partial charge on any atom is -0.0654 e. The van der Waals surface area contributed by atoms with Gasteiger partial charge in [0.15, 0.2) is 0 Å². The molecule has 0 unspecified atom stereocenters. The van der Waals surface area contributed by atoms with Crippen molar-refractivity contribution in [2.45, 2.75) is 548 Å². The normalized spacial score (nSPS) is 11.0. The molecular weight excluding hydrogens is 1420 g/mol. The minimum absolute atomic E-state index is 0. The Morgan fingerprint density at radius 1 is 0.176 bits per heavy atom. The molecule has 0 aromatic heterocycles. The quantitative estimate of drug-likeness (QED) is 0.0444. The average Bonchev–Trinajstić information content (AvgIpc) is 1.13. The first-order valence-corrected chi connectivity index (χ1v) is 49.6. The Hall–Kier alpha value is -1.16. The number of aliphatic carboxylic acids is 2. The molecule has 102 heavy (non-hydrogen) atoms. The van der Waals surface area contributed by atoms with Gasteiger partial charge in [-0.1, -0.05) is 330 Å². The van der Waals surface area contributed by atoms with Crippen LogP contribution in [0.2, 0.25) is 0 Å². The first kappa shape index (κ1) is 107. The third-order valence-corrected chi connectivity index (χ3v) is 24.5. The first-order valence-electron chi connectivity index (χ1n) is 45.6. The molecule has 12 heteroatoms. The molecule has 10 nitrogen and oxygen atoms in total. The van der Waals surface area contributed by atoms with Crippen molar-refractivity contribution in [1.29, 1.82) is 0 Å². The monoisotopic (exact) mass is 1600 g/mol. The second-order valence-electron chi connectivity index (χ2n) is 31.0. The maximum atomic E-state index is 12.8. The summed E-state index contributed by atoms with van der Waals surface area (Å²) < 4.78 is 17.0. The number of rotatable bonds is 83. The molecule has 0 aliphatic carbocycles. The van der Waals surface area contributed by atoms with E-state index < -0.39 is 34.7 Å². The van der Waals surface area contributed by atoms with Crippen LogP contribution in [0.15, 0.2) is 0 Å². The predicted octanol–water partition coefficient (Wildman–Crippen LogP) is 31.0. The fourth-order valence-corrected chi connectivity index (χ4v) is 17.0. The Bertz CT molecular complexity index is 1480. The third-order valence-electron chi connectivity index (χ3n) is 20.6. The number of carbonyl (C=O) groups excluding carboxylic acids is 3. The van der Waals surface area contributed by atoms with Gasteiger partial charge in [0, 0.05) is 32.3 Å². The van der Waals surface area contributed by atoms with E-state index in [2.05, 4.69) is 34.6 Å². The zero-order chi connectivity index (χ0) is 74.2. The van der Waals surface area contributed by atoms with Crippen molar-refractivity contribution in [1.82, 2.24) is 0 Å². The van der Waals surface area contributed by atoms with Crippen LogP contribution in [-0.2, 0) is 52.0 Å². The van der Waals surface area contributed by atoms with Crippen LogP contribution >= 0.6 is 0 Å². The molecule has 0 saturated heterocycles. The van der Waals surface area contributed by atoms with Gasteiger partial charge in [0.05, 0.1) is 0 Å². The Balaban J connectivity index is -0.000000944. The standard InChI is InChI=1S/5C18H36O2.In.Zn/c5*1-2-3-4-5-6-7-8-9-10-11-12-13-14-15-16-17-18(19)20;;/h5*2-17H2,1H3,(H,19,20);;/q;;;;;+3;/p-3. The second kappa shape index (κ2) is 97.9. The summed E-state index contributed by atoms with van der Waals surface area (Å²) in [4.78, 5) is 59.1. The average molecular weight is 1600 g/mol. The smallest absolute Gasteiger partial charge is 0.0654 e. The number of carboxylic acid groups (broad SMARTS) is 2. The first-order chi connectivity index (χ1) is 49.6. The van der Waals surface area contributed by atoms with Crippen molar-refractivity contribution in [3.05, 3.63) is 0 Å². The molecule has 0 bridgehead atoms. The van der Waals surface area contributed by atoms with Crippen LogP contribution in [0.4, 0.5) is 0 Å². The molecule has 0 aromatic carbocycles. The summed E-state index contributed by atoms with van der Waals surface area (Å²) in [5, 5.41) is 17.0. The van der Waals surface area contributed by atoms with Crippen LogP contribution in [0.1, 0.15) is 548 Å². The molecular formula is C90H177InO10Zn. The van der Waals surface area contributed by atoms with Gasteiger partial charge in [0.25, 0.3) is 0 Å². The van der Waals surface area contributed by atoms with E-state index in [1.54, 1.807) is 0 Å².